The summed E-state index contributed by atoms with van der Waals surface area (Å²) in [4.78, 5) is 28.9. The number of nitrogens with zero attached hydrogens (tertiary/aromatic N) is 2. The fourth-order valence-electron chi connectivity index (χ4n) is 4.04. The van der Waals surface area contributed by atoms with Crippen LogP contribution in [0.2, 0.25) is 0 Å². The number of nitrogens with one attached hydrogen (secondary N) is 1. The SMILES string of the molecule is COc1ccc(N2C(=O)C[C@@H](N3CCC(Nc4ccc(F)cc4)CC3)C2=O)cc1. The number of amides is 2. The lowest BCUT2D eigenvalue weighted by Crippen LogP contribution is -2.48. The van der Waals surface area contributed by atoms with Gasteiger partial charge in [-0.15, -0.1) is 0 Å². The van der Waals surface area contributed by atoms with Crippen molar-refractivity contribution in [3.63, 3.8) is 0 Å². The summed E-state index contributed by atoms with van der Waals surface area (Å²) in [5.74, 6) is 0.0955. The molecule has 2 aromatic rings. The second kappa shape index (κ2) is 8.21. The van der Waals surface area contributed by atoms with Crippen molar-refractivity contribution in [2.24, 2.45) is 0 Å². The summed E-state index contributed by atoms with van der Waals surface area (Å²) in [7, 11) is 1.58. The van der Waals surface area contributed by atoms with Gasteiger partial charge in [-0.25, -0.2) is 9.29 Å². The predicted octanol–water partition coefficient (Wildman–Crippen LogP) is 3.04. The zero-order chi connectivity index (χ0) is 20.4. The predicted molar refractivity (Wildman–Crippen MR) is 109 cm³/mol. The highest BCUT2D eigenvalue weighted by molar-refractivity contribution is 6.22. The molecule has 29 heavy (non-hydrogen) atoms. The van der Waals surface area contributed by atoms with Gasteiger partial charge in [0.1, 0.15) is 11.6 Å². The monoisotopic (exact) mass is 397 g/mol. The molecule has 4 rings (SSSR count). The Labute approximate surface area is 169 Å². The van der Waals surface area contributed by atoms with E-state index < -0.39 is 6.04 Å². The van der Waals surface area contributed by atoms with E-state index in [9.17, 15) is 14.0 Å². The Morgan fingerprint density at radius 3 is 2.28 bits per heavy atom. The molecule has 6 nitrogen and oxygen atoms in total. The topological polar surface area (TPSA) is 61.9 Å². The number of methoxy groups -OCH3 is 1. The Bertz CT molecular complexity index is 877. The molecular weight excluding hydrogens is 373 g/mol. The molecule has 2 fully saturated rings. The Hall–Kier alpha value is -2.93. The lowest BCUT2D eigenvalue weighted by atomic mass is 10.0. The van der Waals surface area contributed by atoms with Crippen molar-refractivity contribution < 1.29 is 18.7 Å². The van der Waals surface area contributed by atoms with Crippen molar-refractivity contribution in [2.45, 2.75) is 31.3 Å². The lowest BCUT2D eigenvalue weighted by Gasteiger charge is -2.35. The number of likely N-dealkylation sites (tertiary alicyclic amines) is 1. The zero-order valence-corrected chi connectivity index (χ0v) is 16.3. The van der Waals surface area contributed by atoms with E-state index in [1.807, 2.05) is 0 Å². The van der Waals surface area contributed by atoms with Gasteiger partial charge in [-0.1, -0.05) is 0 Å². The average molecular weight is 397 g/mol. The minimum Gasteiger partial charge on any atom is -0.497 e. The second-order valence-electron chi connectivity index (χ2n) is 7.45. The molecule has 2 saturated heterocycles. The highest BCUT2D eigenvalue weighted by atomic mass is 19.1. The van der Waals surface area contributed by atoms with Crippen LogP contribution in [0.5, 0.6) is 5.75 Å². The number of imide groups is 1. The third kappa shape index (κ3) is 4.10. The van der Waals surface area contributed by atoms with Gasteiger partial charge in [-0.2, -0.15) is 0 Å². The molecule has 1 N–H and O–H groups in total. The van der Waals surface area contributed by atoms with Gasteiger partial charge in [0.05, 0.1) is 25.3 Å². The molecule has 2 aromatic carbocycles. The molecule has 0 aromatic heterocycles. The van der Waals surface area contributed by atoms with Crippen molar-refractivity contribution in [3.05, 3.63) is 54.3 Å². The third-order valence-electron chi connectivity index (χ3n) is 5.64. The largest absolute Gasteiger partial charge is 0.497 e. The van der Waals surface area contributed by atoms with Crippen molar-refractivity contribution >= 4 is 23.2 Å². The number of ether oxygens (including phenoxy) is 1. The summed E-state index contributed by atoms with van der Waals surface area (Å²) in [6, 6.07) is 13.2. The number of piperidine rings is 1. The molecule has 2 aliphatic heterocycles. The Morgan fingerprint density at radius 2 is 1.66 bits per heavy atom. The first-order valence-electron chi connectivity index (χ1n) is 9.82. The van der Waals surface area contributed by atoms with Crippen molar-refractivity contribution in [1.29, 1.82) is 0 Å². The van der Waals surface area contributed by atoms with Gasteiger partial charge in [-0.3, -0.25) is 14.5 Å². The fourth-order valence-corrected chi connectivity index (χ4v) is 4.04. The minimum atomic E-state index is -0.406. The first-order chi connectivity index (χ1) is 14.0. The van der Waals surface area contributed by atoms with E-state index >= 15 is 0 Å². The lowest BCUT2D eigenvalue weighted by molar-refractivity contribution is -0.123. The van der Waals surface area contributed by atoms with Gasteiger partial charge in [0.15, 0.2) is 0 Å². The maximum absolute atomic E-state index is 13.0. The molecular formula is C22H24FN3O3. The van der Waals surface area contributed by atoms with Crippen LogP contribution in [0.4, 0.5) is 15.8 Å². The minimum absolute atomic E-state index is 0.162. The standard InChI is InChI=1S/C22H24FN3O3/c1-29-19-8-6-18(7-9-19)26-21(27)14-20(22(26)28)25-12-10-17(11-13-25)24-16-4-2-15(23)3-5-16/h2-9,17,20,24H,10-14H2,1H3/t20-/m1/s1. The van der Waals surface area contributed by atoms with Crippen molar-refractivity contribution in [3.8, 4) is 5.75 Å². The molecule has 0 radical (unpaired) electrons. The van der Waals surface area contributed by atoms with Crippen molar-refractivity contribution in [1.82, 2.24) is 4.90 Å². The first-order valence-corrected chi connectivity index (χ1v) is 9.82. The van der Waals surface area contributed by atoms with Gasteiger partial charge in [-0.05, 0) is 61.4 Å². The summed E-state index contributed by atoms with van der Waals surface area (Å²) < 4.78 is 18.2. The molecule has 152 valence electrons. The van der Waals surface area contributed by atoms with Crippen LogP contribution >= 0.6 is 0 Å². The van der Waals surface area contributed by atoms with Crippen LogP contribution < -0.4 is 15.0 Å². The van der Waals surface area contributed by atoms with E-state index in [4.69, 9.17) is 4.74 Å². The number of rotatable bonds is 5. The van der Waals surface area contributed by atoms with Crippen molar-refractivity contribution in [2.75, 3.05) is 30.4 Å². The molecule has 0 bridgehead atoms. The molecule has 0 spiro atoms. The summed E-state index contributed by atoms with van der Waals surface area (Å²) in [5, 5.41) is 3.42. The Morgan fingerprint density at radius 1 is 1.00 bits per heavy atom. The molecule has 7 heteroatoms. The number of hydrogen-bond acceptors (Lipinski definition) is 5. The summed E-state index contributed by atoms with van der Waals surface area (Å²) in [6.45, 7) is 1.47. The Balaban J connectivity index is 1.36. The quantitative estimate of drug-likeness (QED) is 0.786. The van der Waals surface area contributed by atoms with E-state index in [2.05, 4.69) is 10.2 Å². The van der Waals surface area contributed by atoms with Gasteiger partial charge in [0.25, 0.3) is 5.91 Å². The van der Waals surface area contributed by atoms with Crippen LogP contribution in [-0.4, -0.2) is 49.0 Å². The zero-order valence-electron chi connectivity index (χ0n) is 16.3. The number of benzene rings is 2. The van der Waals surface area contributed by atoms with E-state index in [1.165, 1.54) is 17.0 Å². The molecule has 0 unspecified atom stereocenters. The second-order valence-corrected chi connectivity index (χ2v) is 7.45. The van der Waals surface area contributed by atoms with Crippen LogP contribution in [0.1, 0.15) is 19.3 Å². The van der Waals surface area contributed by atoms with Gasteiger partial charge >= 0.3 is 0 Å². The van der Waals surface area contributed by atoms with Gasteiger partial charge in [0, 0.05) is 24.8 Å². The van der Waals surface area contributed by atoms with E-state index in [1.54, 1.807) is 43.5 Å². The summed E-state index contributed by atoms with van der Waals surface area (Å²) >= 11 is 0. The number of hydrogen-bond donors (Lipinski definition) is 1. The summed E-state index contributed by atoms with van der Waals surface area (Å²) in [5.41, 5.74) is 1.47. The molecule has 0 saturated carbocycles. The molecule has 2 heterocycles. The molecule has 2 aliphatic rings. The van der Waals surface area contributed by atoms with E-state index in [-0.39, 0.29) is 30.1 Å². The summed E-state index contributed by atoms with van der Waals surface area (Å²) in [6.07, 6.45) is 1.93. The normalized spacial score (nSPS) is 20.9. The molecule has 2 amide bonds. The maximum atomic E-state index is 13.0. The number of carbonyl (C=O) groups is 2. The third-order valence-corrected chi connectivity index (χ3v) is 5.64. The fraction of sp³-hybridized carbons (Fsp3) is 0.364. The van der Waals surface area contributed by atoms with Gasteiger partial charge < -0.3 is 10.1 Å². The average Bonchev–Trinajstić information content (AvgIpc) is 3.04. The Kier molecular flexibility index (Phi) is 5.49. The highest BCUT2D eigenvalue weighted by Crippen LogP contribution is 2.29. The van der Waals surface area contributed by atoms with E-state index in [0.29, 0.717) is 11.4 Å². The van der Waals surface area contributed by atoms with Crippen LogP contribution in [0.3, 0.4) is 0 Å². The first kappa shape index (κ1) is 19.4. The highest BCUT2D eigenvalue weighted by Gasteiger charge is 2.43. The number of halogens is 1. The molecule has 0 aliphatic carbocycles. The van der Waals surface area contributed by atoms with Gasteiger partial charge in [0.2, 0.25) is 5.91 Å². The molecule has 1 atom stereocenters. The maximum Gasteiger partial charge on any atom is 0.251 e. The smallest absolute Gasteiger partial charge is 0.251 e. The van der Waals surface area contributed by atoms with Crippen LogP contribution in [0, 0.1) is 5.82 Å². The number of anilines is 2. The van der Waals surface area contributed by atoms with Crippen LogP contribution in [0.25, 0.3) is 0 Å². The van der Waals surface area contributed by atoms with Crippen LogP contribution in [0.15, 0.2) is 48.5 Å². The number of carbonyl (C=O) groups excluding carboxylic acids is 2. The van der Waals surface area contributed by atoms with Crippen LogP contribution in [-0.2, 0) is 9.59 Å². The van der Waals surface area contributed by atoms with E-state index in [0.717, 1.165) is 31.6 Å².